The number of carbonyl (C=O) groups is 3. The molecule has 3 unspecified atom stereocenters. The number of thioether (sulfide) groups is 1. The Morgan fingerprint density at radius 3 is 2.30 bits per heavy atom. The van der Waals surface area contributed by atoms with Crippen LogP contribution in [0.4, 0.5) is 10.5 Å². The molecule has 2 rings (SSSR count). The van der Waals surface area contributed by atoms with Crippen LogP contribution in [0.15, 0.2) is 48.5 Å². The molecular weight excluding hydrogens is 526 g/mol. The van der Waals surface area contributed by atoms with Gasteiger partial charge in [-0.25, -0.2) is 4.79 Å². The van der Waals surface area contributed by atoms with Crippen LogP contribution < -0.4 is 15.4 Å². The molecule has 0 aliphatic heterocycles. The number of amides is 3. The van der Waals surface area contributed by atoms with E-state index in [1.54, 1.807) is 88.2 Å². The van der Waals surface area contributed by atoms with Crippen LogP contribution >= 0.6 is 11.8 Å². The summed E-state index contributed by atoms with van der Waals surface area (Å²) in [4.78, 5) is 42.6. The fraction of sp³-hybridized carbons (Fsp3) is 0.452. The minimum atomic E-state index is -1.06. The molecule has 3 atom stereocenters. The first-order valence-corrected chi connectivity index (χ1v) is 14.7. The SMILES string of the molecule is C#Cc1ccccc1C(C(=O)Nc1ccc(OC)cc1)N(C(=O)C(CCSC)NC(=O)OC(C)(C)C)C(C)CC. The van der Waals surface area contributed by atoms with Gasteiger partial charge in [0.05, 0.1) is 7.11 Å². The summed E-state index contributed by atoms with van der Waals surface area (Å²) in [6.07, 6.45) is 7.99. The number of anilines is 1. The topological polar surface area (TPSA) is 97.0 Å². The van der Waals surface area contributed by atoms with E-state index < -0.39 is 35.6 Å². The van der Waals surface area contributed by atoms with Gasteiger partial charge in [-0.15, -0.1) is 6.42 Å². The maximum atomic E-state index is 14.3. The molecule has 2 aromatic carbocycles. The highest BCUT2D eigenvalue weighted by molar-refractivity contribution is 7.98. The van der Waals surface area contributed by atoms with Crippen LogP contribution in [0.3, 0.4) is 0 Å². The predicted molar refractivity (Wildman–Crippen MR) is 161 cm³/mol. The third-order valence-corrected chi connectivity index (χ3v) is 6.86. The van der Waals surface area contributed by atoms with Crippen molar-refractivity contribution >= 4 is 35.4 Å². The van der Waals surface area contributed by atoms with Gasteiger partial charge in [-0.2, -0.15) is 11.8 Å². The second kappa shape index (κ2) is 15.2. The number of rotatable bonds is 12. The quantitative estimate of drug-likeness (QED) is 0.323. The molecule has 0 heterocycles. The van der Waals surface area contributed by atoms with Crippen LogP contribution in [0.5, 0.6) is 5.75 Å². The van der Waals surface area contributed by atoms with Crippen LogP contribution in [0, 0.1) is 12.3 Å². The van der Waals surface area contributed by atoms with E-state index in [1.165, 1.54) is 4.90 Å². The van der Waals surface area contributed by atoms with Crippen molar-refractivity contribution in [1.29, 1.82) is 0 Å². The number of nitrogens with zero attached hydrogens (tertiary/aromatic N) is 1. The lowest BCUT2D eigenvalue weighted by Crippen LogP contribution is -2.55. The van der Waals surface area contributed by atoms with E-state index in [1.807, 2.05) is 20.1 Å². The first-order valence-electron chi connectivity index (χ1n) is 13.3. The number of terminal acetylenes is 1. The number of methoxy groups -OCH3 is 1. The van der Waals surface area contributed by atoms with Crippen LogP contribution in [0.1, 0.15) is 64.6 Å². The number of ether oxygens (including phenoxy) is 2. The molecule has 8 nitrogen and oxygen atoms in total. The summed E-state index contributed by atoms with van der Waals surface area (Å²) in [5, 5.41) is 5.69. The highest BCUT2D eigenvalue weighted by Gasteiger charge is 2.39. The maximum absolute atomic E-state index is 14.3. The molecule has 0 saturated heterocycles. The zero-order valence-electron chi connectivity index (χ0n) is 24.4. The molecule has 0 aromatic heterocycles. The van der Waals surface area contributed by atoms with E-state index in [4.69, 9.17) is 15.9 Å². The molecule has 2 N–H and O–H groups in total. The van der Waals surface area contributed by atoms with Gasteiger partial charge in [0.2, 0.25) is 5.91 Å². The summed E-state index contributed by atoms with van der Waals surface area (Å²) in [6.45, 7) is 9.09. The van der Waals surface area contributed by atoms with E-state index in [-0.39, 0.29) is 6.04 Å². The Morgan fingerprint density at radius 1 is 1.10 bits per heavy atom. The summed E-state index contributed by atoms with van der Waals surface area (Å²) < 4.78 is 10.7. The summed E-state index contributed by atoms with van der Waals surface area (Å²) in [5.41, 5.74) is 0.821. The Kier molecular flexibility index (Phi) is 12.4. The summed E-state index contributed by atoms with van der Waals surface area (Å²) in [7, 11) is 1.56. The Balaban J connectivity index is 2.59. The standard InChI is InChI=1S/C31H41N3O5S/c1-9-21(3)34(29(36)26(19-20-40-8)33-30(37)39-31(4,5)6)27(25-14-12-11-13-22(25)10-2)28(35)32-23-15-17-24(38-7)18-16-23/h2,11-18,21,26-27H,9,19-20H2,1,3-8H3,(H,32,35)(H,33,37). The third-order valence-electron chi connectivity index (χ3n) is 6.21. The average molecular weight is 568 g/mol. The van der Waals surface area contributed by atoms with Crippen molar-refractivity contribution in [2.24, 2.45) is 0 Å². The predicted octanol–water partition coefficient (Wildman–Crippen LogP) is 5.63. The molecule has 0 spiro atoms. The number of alkyl carbamates (subject to hydrolysis) is 1. The monoisotopic (exact) mass is 567 g/mol. The maximum Gasteiger partial charge on any atom is 0.408 e. The van der Waals surface area contributed by atoms with Crippen molar-refractivity contribution in [3.05, 3.63) is 59.7 Å². The molecule has 2 aromatic rings. The van der Waals surface area contributed by atoms with E-state index >= 15 is 0 Å². The summed E-state index contributed by atoms with van der Waals surface area (Å²) in [6, 6.07) is 11.7. The van der Waals surface area contributed by atoms with Crippen molar-refractivity contribution in [1.82, 2.24) is 10.2 Å². The van der Waals surface area contributed by atoms with Crippen LogP contribution in [-0.2, 0) is 14.3 Å². The van der Waals surface area contributed by atoms with Gasteiger partial charge in [0.1, 0.15) is 23.4 Å². The van der Waals surface area contributed by atoms with Crippen molar-refractivity contribution in [3.63, 3.8) is 0 Å². The first-order chi connectivity index (χ1) is 18.9. The van der Waals surface area contributed by atoms with Gasteiger partial charge in [-0.05, 0) is 88.4 Å². The number of benzene rings is 2. The second-order valence-electron chi connectivity index (χ2n) is 10.3. The van der Waals surface area contributed by atoms with E-state index in [2.05, 4.69) is 16.6 Å². The summed E-state index contributed by atoms with van der Waals surface area (Å²) >= 11 is 1.56. The lowest BCUT2D eigenvalue weighted by molar-refractivity contribution is -0.143. The third kappa shape index (κ3) is 9.23. The van der Waals surface area contributed by atoms with Gasteiger partial charge in [0, 0.05) is 17.3 Å². The minimum absolute atomic E-state index is 0.357. The number of nitrogens with one attached hydrogen (secondary N) is 2. The molecule has 0 bridgehead atoms. The summed E-state index contributed by atoms with van der Waals surface area (Å²) in [5.74, 6) is 3.10. The van der Waals surface area contributed by atoms with Crippen LogP contribution in [-0.4, -0.2) is 59.6 Å². The highest BCUT2D eigenvalue weighted by Crippen LogP contribution is 2.30. The Morgan fingerprint density at radius 2 is 1.75 bits per heavy atom. The first kappa shape index (κ1) is 32.6. The largest absolute Gasteiger partial charge is 0.497 e. The molecule has 9 heteroatoms. The Bertz CT molecular complexity index is 1190. The van der Waals surface area contributed by atoms with Gasteiger partial charge in [0.25, 0.3) is 5.91 Å². The molecule has 216 valence electrons. The van der Waals surface area contributed by atoms with Gasteiger partial charge in [-0.1, -0.05) is 31.0 Å². The molecule has 0 fully saturated rings. The molecule has 0 saturated carbocycles. The molecule has 0 radical (unpaired) electrons. The van der Waals surface area contributed by atoms with Crippen molar-refractivity contribution in [2.45, 2.75) is 71.2 Å². The number of hydrogen-bond acceptors (Lipinski definition) is 6. The lowest BCUT2D eigenvalue weighted by atomic mass is 9.95. The lowest BCUT2D eigenvalue weighted by Gasteiger charge is -2.38. The highest BCUT2D eigenvalue weighted by atomic mass is 32.2. The zero-order chi connectivity index (χ0) is 29.9. The van der Waals surface area contributed by atoms with Gasteiger partial charge in [0.15, 0.2) is 0 Å². The number of hydrogen-bond donors (Lipinski definition) is 2. The Hall–Kier alpha value is -3.64. The van der Waals surface area contributed by atoms with Crippen molar-refractivity contribution in [2.75, 3.05) is 24.4 Å². The van der Waals surface area contributed by atoms with E-state index in [0.29, 0.717) is 41.2 Å². The molecule has 40 heavy (non-hydrogen) atoms. The average Bonchev–Trinajstić information content (AvgIpc) is 2.92. The van der Waals surface area contributed by atoms with Crippen molar-refractivity contribution in [3.8, 4) is 18.1 Å². The smallest absolute Gasteiger partial charge is 0.408 e. The molecule has 0 aliphatic carbocycles. The van der Waals surface area contributed by atoms with E-state index in [9.17, 15) is 14.4 Å². The van der Waals surface area contributed by atoms with Gasteiger partial charge >= 0.3 is 6.09 Å². The fourth-order valence-corrected chi connectivity index (χ4v) is 4.56. The van der Waals surface area contributed by atoms with Gasteiger partial charge < -0.3 is 25.0 Å². The van der Waals surface area contributed by atoms with Gasteiger partial charge in [-0.3, -0.25) is 9.59 Å². The Labute approximate surface area is 242 Å². The van der Waals surface area contributed by atoms with Crippen molar-refractivity contribution < 1.29 is 23.9 Å². The van der Waals surface area contributed by atoms with Crippen LogP contribution in [0.2, 0.25) is 0 Å². The number of carbonyl (C=O) groups excluding carboxylic acids is 3. The second-order valence-corrected chi connectivity index (χ2v) is 11.3. The zero-order valence-corrected chi connectivity index (χ0v) is 25.3. The fourth-order valence-electron chi connectivity index (χ4n) is 4.09. The normalized spacial score (nSPS) is 13.2. The molecule has 3 amide bonds. The van der Waals surface area contributed by atoms with E-state index in [0.717, 1.165) is 0 Å². The molecule has 0 aliphatic rings. The molecular formula is C31H41N3O5S. The van der Waals surface area contributed by atoms with Crippen LogP contribution in [0.25, 0.3) is 0 Å². The minimum Gasteiger partial charge on any atom is -0.497 e.